The van der Waals surface area contributed by atoms with E-state index >= 15 is 0 Å². The molecule has 6 nitrogen and oxygen atoms in total. The minimum Gasteiger partial charge on any atom is -0.481 e. The summed E-state index contributed by atoms with van der Waals surface area (Å²) in [5.74, 6) is 0.150. The summed E-state index contributed by atoms with van der Waals surface area (Å²) in [6.45, 7) is 0.212. The smallest absolute Gasteiger partial charge is 0.306 e. The number of nitrogens with one attached hydrogen (secondary N) is 1. The first kappa shape index (κ1) is 12.8. The standard InChI is InChI=1S/C14H15NO5/c16-13(15-10-5-9(6-10)14(17)18)4-8-1-2-11-12(3-8)20-7-19-11/h1-3,9-10H,4-7H2,(H,15,16)(H,17,18). The number of hydrogen-bond donors (Lipinski definition) is 2. The summed E-state index contributed by atoms with van der Waals surface area (Å²) in [5, 5.41) is 11.6. The number of benzene rings is 1. The second kappa shape index (κ2) is 5.03. The van der Waals surface area contributed by atoms with Gasteiger partial charge in [-0.1, -0.05) is 6.07 Å². The minimum atomic E-state index is -0.786. The average molecular weight is 277 g/mol. The molecular formula is C14H15NO5. The number of rotatable bonds is 4. The highest BCUT2D eigenvalue weighted by molar-refractivity contribution is 5.80. The van der Waals surface area contributed by atoms with E-state index in [-0.39, 0.29) is 31.1 Å². The molecule has 3 rings (SSSR count). The Morgan fingerprint density at radius 3 is 2.75 bits per heavy atom. The molecule has 1 heterocycles. The van der Waals surface area contributed by atoms with E-state index < -0.39 is 5.97 Å². The summed E-state index contributed by atoms with van der Waals surface area (Å²) in [6, 6.07) is 5.39. The molecule has 1 aliphatic carbocycles. The maximum Gasteiger partial charge on any atom is 0.306 e. The van der Waals surface area contributed by atoms with Crippen molar-refractivity contribution in [3.8, 4) is 11.5 Å². The fraction of sp³-hybridized carbons (Fsp3) is 0.429. The highest BCUT2D eigenvalue weighted by Crippen LogP contribution is 2.32. The molecule has 1 aromatic carbocycles. The Kier molecular flexibility index (Phi) is 3.22. The van der Waals surface area contributed by atoms with Gasteiger partial charge >= 0.3 is 5.97 Å². The van der Waals surface area contributed by atoms with Crippen LogP contribution in [-0.2, 0) is 16.0 Å². The largest absolute Gasteiger partial charge is 0.481 e. The third-order valence-electron chi connectivity index (χ3n) is 3.65. The van der Waals surface area contributed by atoms with Gasteiger partial charge in [0.2, 0.25) is 12.7 Å². The number of amides is 1. The number of hydrogen-bond acceptors (Lipinski definition) is 4. The van der Waals surface area contributed by atoms with Crippen LogP contribution >= 0.6 is 0 Å². The van der Waals surface area contributed by atoms with Crippen LogP contribution in [0.5, 0.6) is 11.5 Å². The Morgan fingerprint density at radius 1 is 1.25 bits per heavy atom. The molecule has 2 aliphatic rings. The van der Waals surface area contributed by atoms with E-state index in [4.69, 9.17) is 14.6 Å². The second-order valence-electron chi connectivity index (χ2n) is 5.14. The van der Waals surface area contributed by atoms with Crippen molar-refractivity contribution in [1.82, 2.24) is 5.32 Å². The number of carbonyl (C=O) groups excluding carboxylic acids is 1. The molecule has 1 fully saturated rings. The predicted molar refractivity (Wildman–Crippen MR) is 68.6 cm³/mol. The monoisotopic (exact) mass is 277 g/mol. The van der Waals surface area contributed by atoms with Gasteiger partial charge in [0.05, 0.1) is 12.3 Å². The molecule has 0 atom stereocenters. The van der Waals surface area contributed by atoms with E-state index in [1.54, 1.807) is 12.1 Å². The molecule has 6 heteroatoms. The van der Waals surface area contributed by atoms with Gasteiger partial charge in [-0.05, 0) is 30.5 Å². The third kappa shape index (κ3) is 2.54. The predicted octanol–water partition coefficient (Wildman–Crippen LogP) is 0.937. The highest BCUT2D eigenvalue weighted by atomic mass is 16.7. The molecule has 1 amide bonds. The normalized spacial score (nSPS) is 23.0. The molecule has 0 aromatic heterocycles. The fourth-order valence-electron chi connectivity index (χ4n) is 2.45. The topological polar surface area (TPSA) is 84.9 Å². The molecular weight excluding hydrogens is 262 g/mol. The lowest BCUT2D eigenvalue weighted by atomic mass is 9.80. The number of carbonyl (C=O) groups is 2. The SMILES string of the molecule is O=C(Cc1ccc2c(c1)OCO2)NC1CC(C(=O)O)C1. The van der Waals surface area contributed by atoms with Crippen LogP contribution in [0.1, 0.15) is 18.4 Å². The Labute approximate surface area is 115 Å². The molecule has 106 valence electrons. The third-order valence-corrected chi connectivity index (χ3v) is 3.65. The van der Waals surface area contributed by atoms with E-state index in [0.717, 1.165) is 5.56 Å². The molecule has 2 N–H and O–H groups in total. The first-order chi connectivity index (χ1) is 9.61. The van der Waals surface area contributed by atoms with Gasteiger partial charge in [0.25, 0.3) is 0 Å². The first-order valence-electron chi connectivity index (χ1n) is 6.52. The van der Waals surface area contributed by atoms with Gasteiger partial charge in [-0.3, -0.25) is 9.59 Å². The first-order valence-corrected chi connectivity index (χ1v) is 6.52. The van der Waals surface area contributed by atoms with E-state index in [9.17, 15) is 9.59 Å². The zero-order valence-electron chi connectivity index (χ0n) is 10.8. The van der Waals surface area contributed by atoms with Gasteiger partial charge in [-0.25, -0.2) is 0 Å². The van der Waals surface area contributed by atoms with Crippen molar-refractivity contribution in [1.29, 1.82) is 0 Å². The van der Waals surface area contributed by atoms with Crippen LogP contribution in [0.2, 0.25) is 0 Å². The average Bonchev–Trinajstić information content (AvgIpc) is 2.80. The molecule has 0 unspecified atom stereocenters. The Bertz CT molecular complexity index is 550. The molecule has 0 bridgehead atoms. The molecule has 1 saturated carbocycles. The van der Waals surface area contributed by atoms with Gasteiger partial charge < -0.3 is 19.9 Å². The van der Waals surface area contributed by atoms with E-state index in [2.05, 4.69) is 5.32 Å². The maximum atomic E-state index is 11.9. The molecule has 1 aromatic rings. The van der Waals surface area contributed by atoms with Crippen molar-refractivity contribution in [3.63, 3.8) is 0 Å². The van der Waals surface area contributed by atoms with Crippen molar-refractivity contribution < 1.29 is 24.2 Å². The molecule has 0 radical (unpaired) electrons. The highest BCUT2D eigenvalue weighted by Gasteiger charge is 2.35. The van der Waals surface area contributed by atoms with Crippen LogP contribution in [-0.4, -0.2) is 29.8 Å². The minimum absolute atomic E-state index is 0.0161. The fourth-order valence-corrected chi connectivity index (χ4v) is 2.45. The molecule has 20 heavy (non-hydrogen) atoms. The number of ether oxygens (including phenoxy) is 2. The van der Waals surface area contributed by atoms with Gasteiger partial charge in [-0.15, -0.1) is 0 Å². The summed E-state index contributed by atoms with van der Waals surface area (Å²) in [6.07, 6.45) is 1.29. The van der Waals surface area contributed by atoms with Crippen LogP contribution < -0.4 is 14.8 Å². The quantitative estimate of drug-likeness (QED) is 0.855. The second-order valence-corrected chi connectivity index (χ2v) is 5.14. The van der Waals surface area contributed by atoms with Crippen molar-refractivity contribution in [3.05, 3.63) is 23.8 Å². The lowest BCUT2D eigenvalue weighted by Gasteiger charge is -2.32. The molecule has 0 spiro atoms. The maximum absolute atomic E-state index is 11.9. The summed E-state index contributed by atoms with van der Waals surface area (Å²) < 4.78 is 10.5. The summed E-state index contributed by atoms with van der Waals surface area (Å²) in [7, 11) is 0. The van der Waals surface area contributed by atoms with Crippen LogP contribution in [0.25, 0.3) is 0 Å². The van der Waals surface area contributed by atoms with E-state index in [1.165, 1.54) is 0 Å². The van der Waals surface area contributed by atoms with Crippen molar-refractivity contribution in [2.75, 3.05) is 6.79 Å². The number of carboxylic acids is 1. The van der Waals surface area contributed by atoms with E-state index in [0.29, 0.717) is 24.3 Å². The van der Waals surface area contributed by atoms with Crippen LogP contribution in [0.3, 0.4) is 0 Å². The van der Waals surface area contributed by atoms with Crippen molar-refractivity contribution in [2.45, 2.75) is 25.3 Å². The summed E-state index contributed by atoms with van der Waals surface area (Å²) in [5.41, 5.74) is 0.848. The van der Waals surface area contributed by atoms with E-state index in [1.807, 2.05) is 6.07 Å². The lowest BCUT2D eigenvalue weighted by Crippen LogP contribution is -2.47. The summed E-state index contributed by atoms with van der Waals surface area (Å²) >= 11 is 0. The number of carboxylic acid groups (broad SMARTS) is 1. The molecule has 1 aliphatic heterocycles. The van der Waals surface area contributed by atoms with Gasteiger partial charge in [0.1, 0.15) is 0 Å². The van der Waals surface area contributed by atoms with Crippen molar-refractivity contribution >= 4 is 11.9 Å². The summed E-state index contributed by atoms with van der Waals surface area (Å²) in [4.78, 5) is 22.5. The van der Waals surface area contributed by atoms with Gasteiger partial charge in [-0.2, -0.15) is 0 Å². The Balaban J connectivity index is 1.51. The number of fused-ring (bicyclic) bond motifs is 1. The molecule has 0 saturated heterocycles. The van der Waals surface area contributed by atoms with Crippen molar-refractivity contribution in [2.24, 2.45) is 5.92 Å². The Morgan fingerprint density at radius 2 is 2.00 bits per heavy atom. The lowest BCUT2D eigenvalue weighted by molar-refractivity contribution is -0.146. The zero-order valence-corrected chi connectivity index (χ0v) is 10.8. The van der Waals surface area contributed by atoms with Crippen LogP contribution in [0.15, 0.2) is 18.2 Å². The van der Waals surface area contributed by atoms with Crippen LogP contribution in [0.4, 0.5) is 0 Å². The number of aliphatic carboxylic acids is 1. The van der Waals surface area contributed by atoms with Gasteiger partial charge in [0.15, 0.2) is 11.5 Å². The Hall–Kier alpha value is -2.24. The van der Waals surface area contributed by atoms with Crippen LogP contribution in [0, 0.1) is 5.92 Å². The van der Waals surface area contributed by atoms with Gasteiger partial charge in [0, 0.05) is 6.04 Å². The zero-order chi connectivity index (χ0) is 14.1.